The van der Waals surface area contributed by atoms with E-state index < -0.39 is 0 Å². The molecule has 2 fully saturated rings. The molecule has 1 N–H and O–H groups in total. The number of hydrogen-bond acceptors (Lipinski definition) is 2. The smallest absolute Gasteiger partial charge is 0.0169 e. The Balaban J connectivity index is 1.60. The Hall–Kier alpha value is -0.860. The SMILES string of the molecule is CC1CN(C2C3CCC2Cc2ccccc2C3)CC(C)N1. The van der Waals surface area contributed by atoms with Crippen molar-refractivity contribution in [2.45, 2.75) is 57.7 Å². The lowest BCUT2D eigenvalue weighted by Gasteiger charge is -2.43. The van der Waals surface area contributed by atoms with E-state index in [4.69, 9.17) is 0 Å². The van der Waals surface area contributed by atoms with E-state index in [9.17, 15) is 0 Å². The summed E-state index contributed by atoms with van der Waals surface area (Å²) in [6, 6.07) is 11.3. The summed E-state index contributed by atoms with van der Waals surface area (Å²) in [5, 5.41) is 3.69. The molecule has 1 saturated carbocycles. The fraction of sp³-hybridized carbons (Fsp3) is 0.684. The lowest BCUT2D eigenvalue weighted by molar-refractivity contribution is 0.0775. The highest BCUT2D eigenvalue weighted by molar-refractivity contribution is 5.31. The van der Waals surface area contributed by atoms with Crippen molar-refractivity contribution in [2.75, 3.05) is 13.1 Å². The first kappa shape index (κ1) is 13.8. The first-order chi connectivity index (χ1) is 10.2. The third-order valence-electron chi connectivity index (χ3n) is 5.96. The molecule has 21 heavy (non-hydrogen) atoms. The van der Waals surface area contributed by atoms with Gasteiger partial charge in [0.1, 0.15) is 0 Å². The zero-order valence-electron chi connectivity index (χ0n) is 13.4. The summed E-state index contributed by atoms with van der Waals surface area (Å²) in [6.07, 6.45) is 5.50. The van der Waals surface area contributed by atoms with E-state index in [2.05, 4.69) is 48.3 Å². The van der Waals surface area contributed by atoms with Crippen LogP contribution in [0.25, 0.3) is 0 Å². The van der Waals surface area contributed by atoms with Crippen molar-refractivity contribution < 1.29 is 0 Å². The molecule has 1 saturated heterocycles. The summed E-state index contributed by atoms with van der Waals surface area (Å²) in [7, 11) is 0. The molecular formula is C19H28N2. The zero-order chi connectivity index (χ0) is 14.4. The van der Waals surface area contributed by atoms with Crippen molar-refractivity contribution in [3.8, 4) is 0 Å². The summed E-state index contributed by atoms with van der Waals surface area (Å²) in [5.41, 5.74) is 3.26. The van der Waals surface area contributed by atoms with Crippen LogP contribution in [0.2, 0.25) is 0 Å². The monoisotopic (exact) mass is 284 g/mol. The van der Waals surface area contributed by atoms with Gasteiger partial charge in [0.25, 0.3) is 0 Å². The van der Waals surface area contributed by atoms with Gasteiger partial charge in [-0.1, -0.05) is 24.3 Å². The van der Waals surface area contributed by atoms with Crippen LogP contribution in [0.3, 0.4) is 0 Å². The van der Waals surface area contributed by atoms with E-state index in [1.54, 1.807) is 11.1 Å². The first-order valence-corrected chi connectivity index (χ1v) is 8.77. The Morgan fingerprint density at radius 1 is 0.905 bits per heavy atom. The fourth-order valence-corrected chi connectivity index (χ4v) is 5.33. The van der Waals surface area contributed by atoms with Crippen LogP contribution in [-0.4, -0.2) is 36.1 Å². The number of rotatable bonds is 1. The fourth-order valence-electron chi connectivity index (χ4n) is 5.33. The predicted octanol–water partition coefficient (Wildman–Crippen LogP) is 2.86. The second-order valence-corrected chi connectivity index (χ2v) is 7.69. The molecule has 3 aliphatic rings. The minimum Gasteiger partial charge on any atom is -0.309 e. The Morgan fingerprint density at radius 3 is 1.95 bits per heavy atom. The lowest BCUT2D eigenvalue weighted by Crippen LogP contribution is -2.58. The van der Waals surface area contributed by atoms with Gasteiger partial charge >= 0.3 is 0 Å². The van der Waals surface area contributed by atoms with Gasteiger partial charge in [0.05, 0.1) is 0 Å². The molecule has 114 valence electrons. The largest absolute Gasteiger partial charge is 0.309 e. The van der Waals surface area contributed by atoms with Crippen LogP contribution < -0.4 is 5.32 Å². The van der Waals surface area contributed by atoms with Gasteiger partial charge in [-0.3, -0.25) is 4.90 Å². The van der Waals surface area contributed by atoms with Gasteiger partial charge in [-0.2, -0.15) is 0 Å². The summed E-state index contributed by atoms with van der Waals surface area (Å²) >= 11 is 0. The number of fused-ring (bicyclic) bond motifs is 3. The molecule has 1 heterocycles. The minimum absolute atomic E-state index is 0.638. The van der Waals surface area contributed by atoms with Gasteiger partial charge < -0.3 is 5.32 Å². The van der Waals surface area contributed by atoms with Crippen molar-refractivity contribution in [3.63, 3.8) is 0 Å². The van der Waals surface area contributed by atoms with E-state index in [-0.39, 0.29) is 0 Å². The van der Waals surface area contributed by atoms with Gasteiger partial charge in [0.15, 0.2) is 0 Å². The number of hydrogen-bond donors (Lipinski definition) is 1. The molecule has 4 atom stereocenters. The Kier molecular flexibility index (Phi) is 3.55. The van der Waals surface area contributed by atoms with Crippen molar-refractivity contribution in [2.24, 2.45) is 11.8 Å². The van der Waals surface area contributed by atoms with E-state index in [0.717, 1.165) is 17.9 Å². The van der Waals surface area contributed by atoms with Crippen LogP contribution >= 0.6 is 0 Å². The standard InChI is InChI=1S/C19H28N2/c1-13-11-21(12-14(2)20-13)19-17-7-8-18(19)10-16-6-4-3-5-15(16)9-17/h3-6,13-14,17-20H,7-12H2,1-2H3. The van der Waals surface area contributed by atoms with Gasteiger partial charge in [0.2, 0.25) is 0 Å². The third kappa shape index (κ3) is 2.53. The molecule has 0 amide bonds. The molecule has 2 aliphatic carbocycles. The van der Waals surface area contributed by atoms with Crippen LogP contribution in [-0.2, 0) is 12.8 Å². The normalized spacial score (nSPS) is 39.8. The van der Waals surface area contributed by atoms with Gasteiger partial charge in [-0.25, -0.2) is 0 Å². The maximum Gasteiger partial charge on any atom is 0.0169 e. The molecule has 2 bridgehead atoms. The van der Waals surface area contributed by atoms with Crippen molar-refractivity contribution in [1.82, 2.24) is 10.2 Å². The average Bonchev–Trinajstić information content (AvgIpc) is 2.73. The topological polar surface area (TPSA) is 15.3 Å². The van der Waals surface area contributed by atoms with Gasteiger partial charge in [0, 0.05) is 31.2 Å². The highest BCUT2D eigenvalue weighted by atomic mass is 15.2. The van der Waals surface area contributed by atoms with Crippen LogP contribution in [0, 0.1) is 11.8 Å². The molecule has 4 rings (SSSR count). The second-order valence-electron chi connectivity index (χ2n) is 7.69. The molecule has 1 aliphatic heterocycles. The number of piperazine rings is 1. The molecule has 0 radical (unpaired) electrons. The molecule has 1 aromatic carbocycles. The second kappa shape index (κ2) is 5.40. The van der Waals surface area contributed by atoms with Crippen molar-refractivity contribution in [1.29, 1.82) is 0 Å². The number of benzene rings is 1. The summed E-state index contributed by atoms with van der Waals surface area (Å²) in [6.45, 7) is 7.16. The average molecular weight is 284 g/mol. The van der Waals surface area contributed by atoms with E-state index in [1.807, 2.05) is 0 Å². The first-order valence-electron chi connectivity index (χ1n) is 8.77. The Labute approximate surface area is 128 Å². The Bertz CT molecular complexity index is 469. The number of nitrogens with one attached hydrogen (secondary N) is 1. The van der Waals surface area contributed by atoms with E-state index in [0.29, 0.717) is 12.1 Å². The maximum atomic E-state index is 3.69. The van der Waals surface area contributed by atoms with Gasteiger partial charge in [-0.05, 0) is 62.5 Å². The molecule has 0 aromatic heterocycles. The molecule has 1 aromatic rings. The van der Waals surface area contributed by atoms with Crippen LogP contribution in [0.4, 0.5) is 0 Å². The van der Waals surface area contributed by atoms with Gasteiger partial charge in [-0.15, -0.1) is 0 Å². The predicted molar refractivity (Wildman–Crippen MR) is 87.5 cm³/mol. The van der Waals surface area contributed by atoms with Crippen LogP contribution in [0.5, 0.6) is 0 Å². The maximum absolute atomic E-state index is 3.69. The summed E-state index contributed by atoms with van der Waals surface area (Å²) < 4.78 is 0. The number of nitrogens with zero attached hydrogens (tertiary/aromatic N) is 1. The summed E-state index contributed by atoms with van der Waals surface area (Å²) in [5.74, 6) is 1.77. The molecule has 0 spiro atoms. The third-order valence-corrected chi connectivity index (χ3v) is 5.96. The summed E-state index contributed by atoms with van der Waals surface area (Å²) in [4.78, 5) is 2.83. The van der Waals surface area contributed by atoms with E-state index in [1.165, 1.54) is 38.8 Å². The highest BCUT2D eigenvalue weighted by Gasteiger charge is 2.43. The molecule has 2 nitrogen and oxygen atoms in total. The van der Waals surface area contributed by atoms with Crippen molar-refractivity contribution >= 4 is 0 Å². The molecule has 2 heteroatoms. The molecule has 4 unspecified atom stereocenters. The van der Waals surface area contributed by atoms with Crippen LogP contribution in [0.1, 0.15) is 37.8 Å². The highest BCUT2D eigenvalue weighted by Crippen LogP contribution is 2.43. The lowest BCUT2D eigenvalue weighted by atomic mass is 9.92. The zero-order valence-corrected chi connectivity index (χ0v) is 13.4. The van der Waals surface area contributed by atoms with Crippen LogP contribution in [0.15, 0.2) is 24.3 Å². The quantitative estimate of drug-likeness (QED) is 0.853. The minimum atomic E-state index is 0.638. The van der Waals surface area contributed by atoms with Crippen molar-refractivity contribution in [3.05, 3.63) is 35.4 Å². The molecular weight excluding hydrogens is 256 g/mol. The Morgan fingerprint density at radius 2 is 1.43 bits per heavy atom. The van der Waals surface area contributed by atoms with E-state index >= 15 is 0 Å².